The van der Waals surface area contributed by atoms with E-state index in [2.05, 4.69) is 22.1 Å². The number of thiophene rings is 1. The van der Waals surface area contributed by atoms with Crippen molar-refractivity contribution in [3.63, 3.8) is 0 Å². The molecule has 1 N–H and O–H groups in total. The number of aromatic nitrogens is 3. The van der Waals surface area contributed by atoms with Crippen LogP contribution in [0.2, 0.25) is 5.02 Å². The number of nitrogens with zero attached hydrogens (tertiary/aromatic N) is 4. The second-order valence-corrected chi connectivity index (χ2v) is 10.6. The monoisotopic (exact) mass is 567 g/mol. The van der Waals surface area contributed by atoms with Gasteiger partial charge in [-0.05, 0) is 29.8 Å². The zero-order valence-corrected chi connectivity index (χ0v) is 23.5. The molecule has 196 valence electrons. The molecule has 2 aromatic carbocycles. The highest BCUT2D eigenvalue weighted by Crippen LogP contribution is 2.37. The average Bonchev–Trinajstić information content (AvgIpc) is 3.52. The first-order valence-electron chi connectivity index (χ1n) is 11.5. The van der Waals surface area contributed by atoms with Gasteiger partial charge in [0.15, 0.2) is 11.0 Å². The van der Waals surface area contributed by atoms with Crippen LogP contribution in [0.4, 0.5) is 10.7 Å². The summed E-state index contributed by atoms with van der Waals surface area (Å²) in [5.74, 6) is -0.0549. The Morgan fingerprint density at radius 2 is 1.95 bits per heavy atom. The van der Waals surface area contributed by atoms with Crippen molar-refractivity contribution >= 4 is 57.3 Å². The van der Waals surface area contributed by atoms with E-state index in [1.165, 1.54) is 30.2 Å². The highest BCUT2D eigenvalue weighted by Gasteiger charge is 2.23. The van der Waals surface area contributed by atoms with Gasteiger partial charge in [-0.1, -0.05) is 53.7 Å². The first-order valence-corrected chi connectivity index (χ1v) is 13.8. The lowest BCUT2D eigenvalue weighted by Crippen LogP contribution is -2.16. The number of benzene rings is 2. The highest BCUT2D eigenvalue weighted by molar-refractivity contribution is 7.99. The van der Waals surface area contributed by atoms with Gasteiger partial charge in [-0.3, -0.25) is 9.36 Å². The quantitative estimate of drug-likeness (QED) is 0.141. The van der Waals surface area contributed by atoms with Gasteiger partial charge in [0, 0.05) is 47.9 Å². The van der Waals surface area contributed by atoms with Crippen molar-refractivity contribution in [3.05, 3.63) is 77.2 Å². The van der Waals surface area contributed by atoms with Crippen LogP contribution >= 0.6 is 34.7 Å². The summed E-state index contributed by atoms with van der Waals surface area (Å²) in [6.45, 7) is 4.34. The number of carbonyl (C=O) groups is 2. The Balaban J connectivity index is 1.53. The summed E-state index contributed by atoms with van der Waals surface area (Å²) in [5.41, 5.74) is 3.72. The second kappa shape index (κ2) is 12.3. The molecule has 0 aliphatic rings. The van der Waals surface area contributed by atoms with E-state index in [4.69, 9.17) is 16.3 Å². The molecule has 38 heavy (non-hydrogen) atoms. The fraction of sp³-hybridized carbons (Fsp3) is 0.185. The summed E-state index contributed by atoms with van der Waals surface area (Å²) in [5, 5.41) is 15.0. The van der Waals surface area contributed by atoms with Crippen LogP contribution in [-0.2, 0) is 16.1 Å². The molecule has 4 aromatic rings. The maximum absolute atomic E-state index is 12.9. The van der Waals surface area contributed by atoms with E-state index in [0.29, 0.717) is 38.7 Å². The molecule has 2 heterocycles. The summed E-state index contributed by atoms with van der Waals surface area (Å²) in [4.78, 5) is 27.5. The molecule has 8 nitrogen and oxygen atoms in total. The number of amides is 1. The van der Waals surface area contributed by atoms with E-state index in [9.17, 15) is 9.59 Å². The number of hydrogen-bond donors (Lipinski definition) is 1. The van der Waals surface area contributed by atoms with E-state index in [1.807, 2.05) is 65.3 Å². The number of rotatable bonds is 10. The Morgan fingerprint density at radius 3 is 2.63 bits per heavy atom. The van der Waals surface area contributed by atoms with Crippen LogP contribution in [0.1, 0.15) is 10.4 Å². The molecule has 0 saturated carbocycles. The third kappa shape index (κ3) is 6.09. The van der Waals surface area contributed by atoms with E-state index >= 15 is 0 Å². The Morgan fingerprint density at radius 1 is 1.18 bits per heavy atom. The van der Waals surface area contributed by atoms with Gasteiger partial charge in [0.25, 0.3) is 0 Å². The Hall–Kier alpha value is -3.60. The van der Waals surface area contributed by atoms with E-state index in [1.54, 1.807) is 18.2 Å². The zero-order chi connectivity index (χ0) is 27.2. The molecule has 0 spiro atoms. The lowest BCUT2D eigenvalue weighted by molar-refractivity contribution is -0.113. The molecule has 1 amide bonds. The van der Waals surface area contributed by atoms with Gasteiger partial charge in [0.2, 0.25) is 5.91 Å². The minimum absolute atomic E-state index is 0.0712. The molecule has 4 rings (SSSR count). The second-order valence-electron chi connectivity index (χ2n) is 8.34. The zero-order valence-electron chi connectivity index (χ0n) is 21.1. The van der Waals surface area contributed by atoms with Crippen LogP contribution < -0.4 is 10.2 Å². The summed E-state index contributed by atoms with van der Waals surface area (Å²) in [7, 11) is 5.27. The number of nitrogens with one attached hydrogen (secondary N) is 1. The van der Waals surface area contributed by atoms with Gasteiger partial charge < -0.3 is 15.0 Å². The van der Waals surface area contributed by atoms with Crippen LogP contribution in [0.25, 0.3) is 22.5 Å². The lowest BCUT2D eigenvalue weighted by atomic mass is 10.0. The van der Waals surface area contributed by atoms with Crippen molar-refractivity contribution in [1.29, 1.82) is 0 Å². The number of allylic oxidation sites excluding steroid dienone is 1. The van der Waals surface area contributed by atoms with Crippen LogP contribution in [0.3, 0.4) is 0 Å². The van der Waals surface area contributed by atoms with Gasteiger partial charge in [-0.2, -0.15) is 0 Å². The van der Waals surface area contributed by atoms with Crippen molar-refractivity contribution in [2.24, 2.45) is 0 Å². The van der Waals surface area contributed by atoms with Crippen LogP contribution in [0.15, 0.2) is 71.7 Å². The third-order valence-electron chi connectivity index (χ3n) is 5.57. The maximum atomic E-state index is 12.9. The van der Waals surface area contributed by atoms with Crippen molar-refractivity contribution in [3.8, 4) is 22.5 Å². The third-order valence-corrected chi connectivity index (χ3v) is 7.68. The van der Waals surface area contributed by atoms with Gasteiger partial charge in [-0.25, -0.2) is 4.79 Å². The van der Waals surface area contributed by atoms with Crippen molar-refractivity contribution in [1.82, 2.24) is 14.8 Å². The van der Waals surface area contributed by atoms with Crippen molar-refractivity contribution < 1.29 is 14.3 Å². The number of carbonyl (C=O) groups excluding carboxylic acids is 2. The number of methoxy groups -OCH3 is 1. The van der Waals surface area contributed by atoms with Gasteiger partial charge in [-0.15, -0.1) is 28.1 Å². The molecule has 0 aliphatic carbocycles. The minimum atomic E-state index is -0.533. The number of halogens is 1. The predicted octanol–water partition coefficient (Wildman–Crippen LogP) is 6.10. The Kier molecular flexibility index (Phi) is 8.88. The molecule has 11 heteroatoms. The number of anilines is 2. The smallest absolute Gasteiger partial charge is 0.341 e. The fourth-order valence-electron chi connectivity index (χ4n) is 3.72. The highest BCUT2D eigenvalue weighted by atomic mass is 35.5. The SMILES string of the molecule is C=CCn1c(SCC(=O)Nc2scc(-c3ccc(Cl)cc3)c2C(=O)OC)nnc1-c1cccc(N(C)C)c1. The molecule has 0 bridgehead atoms. The minimum Gasteiger partial charge on any atom is -0.465 e. The molecule has 0 aliphatic heterocycles. The number of thioether (sulfide) groups is 1. The molecular weight excluding hydrogens is 542 g/mol. The molecule has 0 atom stereocenters. The first kappa shape index (κ1) is 27.4. The van der Waals surface area contributed by atoms with Gasteiger partial charge in [0.05, 0.1) is 12.9 Å². The standard InChI is InChI=1S/C27H26ClN5O3S2/c1-5-13-33-24(18-7-6-8-20(14-18)32(2)3)30-31-27(33)38-16-22(34)29-25-23(26(35)36-4)21(15-37-25)17-9-11-19(28)12-10-17/h5-12,14-15H,1,13,16H2,2-4H3,(H,29,34). The van der Waals surface area contributed by atoms with Crippen molar-refractivity contribution in [2.75, 3.05) is 37.2 Å². The number of ether oxygens (including phenoxy) is 1. The molecule has 0 unspecified atom stereocenters. The summed E-state index contributed by atoms with van der Waals surface area (Å²) in [6.07, 6.45) is 1.76. The maximum Gasteiger partial charge on any atom is 0.341 e. The summed E-state index contributed by atoms with van der Waals surface area (Å²) >= 11 is 8.53. The van der Waals surface area contributed by atoms with E-state index < -0.39 is 5.97 Å². The molecule has 0 radical (unpaired) electrons. The van der Waals surface area contributed by atoms with Crippen LogP contribution in [0.5, 0.6) is 0 Å². The topological polar surface area (TPSA) is 89.3 Å². The normalized spacial score (nSPS) is 10.7. The Bertz CT molecular complexity index is 1460. The van der Waals surface area contributed by atoms with Crippen molar-refractivity contribution in [2.45, 2.75) is 11.7 Å². The Labute approximate surface area is 234 Å². The predicted molar refractivity (Wildman–Crippen MR) is 155 cm³/mol. The average molecular weight is 568 g/mol. The summed E-state index contributed by atoms with van der Waals surface area (Å²) in [6, 6.07) is 15.1. The van der Waals surface area contributed by atoms with E-state index in [0.717, 1.165) is 16.8 Å². The van der Waals surface area contributed by atoms with Gasteiger partial charge in [0.1, 0.15) is 10.6 Å². The molecule has 0 saturated heterocycles. The lowest BCUT2D eigenvalue weighted by Gasteiger charge is -2.14. The first-order chi connectivity index (χ1) is 18.3. The fourth-order valence-corrected chi connectivity index (χ4v) is 5.56. The molecule has 0 fully saturated rings. The van der Waals surface area contributed by atoms with Gasteiger partial charge >= 0.3 is 5.97 Å². The van der Waals surface area contributed by atoms with E-state index in [-0.39, 0.29) is 11.7 Å². The van der Waals surface area contributed by atoms with Crippen LogP contribution in [-0.4, -0.2) is 53.6 Å². The van der Waals surface area contributed by atoms with Crippen LogP contribution in [0, 0.1) is 0 Å². The number of hydrogen-bond acceptors (Lipinski definition) is 8. The molecular formula is C27H26ClN5O3S2. The number of esters is 1. The largest absolute Gasteiger partial charge is 0.465 e. The molecule has 2 aromatic heterocycles. The summed E-state index contributed by atoms with van der Waals surface area (Å²) < 4.78 is 6.91.